The Hall–Kier alpha value is -0.120. The highest BCUT2D eigenvalue weighted by molar-refractivity contribution is 4.63. The average molecular weight is 120 g/mol. The lowest BCUT2D eigenvalue weighted by atomic mass is 10.0. The number of rotatable bonds is 2. The molecule has 0 saturated heterocycles. The minimum atomic E-state index is -1.74. The number of hydrogen-bond donors (Lipinski definition) is 3. The Morgan fingerprint density at radius 3 is 1.88 bits per heavy atom. The van der Waals surface area contributed by atoms with Gasteiger partial charge < -0.3 is 15.3 Å². The van der Waals surface area contributed by atoms with Crippen molar-refractivity contribution in [2.45, 2.75) is 19.6 Å². The monoisotopic (exact) mass is 120 g/mol. The SMILES string of the molecule is CC(CO)C(C)(O)O. The van der Waals surface area contributed by atoms with E-state index in [0.29, 0.717) is 0 Å². The Labute approximate surface area is 48.6 Å². The molecule has 0 aromatic carbocycles. The fourth-order valence-corrected chi connectivity index (χ4v) is 0.173. The summed E-state index contributed by atoms with van der Waals surface area (Å²) in [5, 5.41) is 25.7. The fraction of sp³-hybridized carbons (Fsp3) is 1.00. The van der Waals surface area contributed by atoms with Gasteiger partial charge in [-0.3, -0.25) is 0 Å². The molecule has 0 aliphatic carbocycles. The quantitative estimate of drug-likeness (QED) is 0.423. The van der Waals surface area contributed by atoms with Gasteiger partial charge in [-0.2, -0.15) is 0 Å². The summed E-state index contributed by atoms with van der Waals surface area (Å²) >= 11 is 0. The molecule has 0 radical (unpaired) electrons. The third-order valence-corrected chi connectivity index (χ3v) is 1.21. The van der Waals surface area contributed by atoms with Crippen molar-refractivity contribution in [3.05, 3.63) is 0 Å². The molecule has 0 bridgehead atoms. The van der Waals surface area contributed by atoms with E-state index in [1.54, 1.807) is 6.92 Å². The Morgan fingerprint density at radius 2 is 1.88 bits per heavy atom. The first-order valence-electron chi connectivity index (χ1n) is 2.54. The van der Waals surface area contributed by atoms with Gasteiger partial charge >= 0.3 is 0 Å². The van der Waals surface area contributed by atoms with Crippen molar-refractivity contribution in [2.75, 3.05) is 6.61 Å². The van der Waals surface area contributed by atoms with Gasteiger partial charge in [-0.1, -0.05) is 6.92 Å². The first kappa shape index (κ1) is 7.88. The van der Waals surface area contributed by atoms with Crippen LogP contribution in [0.1, 0.15) is 13.8 Å². The maximum atomic E-state index is 8.68. The van der Waals surface area contributed by atoms with Crippen LogP contribution in [0.4, 0.5) is 0 Å². The number of aliphatic hydroxyl groups is 3. The predicted molar refractivity (Wildman–Crippen MR) is 29.1 cm³/mol. The largest absolute Gasteiger partial charge is 0.396 e. The standard InChI is InChI=1S/C5H12O3/c1-4(3-6)5(2,7)8/h4,6-8H,3H2,1-2H3. The van der Waals surface area contributed by atoms with E-state index in [0.717, 1.165) is 0 Å². The van der Waals surface area contributed by atoms with Crippen LogP contribution in [0.15, 0.2) is 0 Å². The smallest absolute Gasteiger partial charge is 0.164 e. The van der Waals surface area contributed by atoms with Crippen LogP contribution in [0.3, 0.4) is 0 Å². The molecule has 0 aromatic rings. The van der Waals surface area contributed by atoms with E-state index >= 15 is 0 Å². The highest BCUT2D eigenvalue weighted by atomic mass is 16.5. The van der Waals surface area contributed by atoms with E-state index in [9.17, 15) is 0 Å². The summed E-state index contributed by atoms with van der Waals surface area (Å²) in [4.78, 5) is 0. The molecule has 3 heteroatoms. The van der Waals surface area contributed by atoms with Crippen LogP contribution in [0.25, 0.3) is 0 Å². The lowest BCUT2D eigenvalue weighted by molar-refractivity contribution is -0.188. The van der Waals surface area contributed by atoms with Gasteiger partial charge in [-0.25, -0.2) is 0 Å². The molecule has 3 N–H and O–H groups in total. The molecule has 0 amide bonds. The summed E-state index contributed by atoms with van der Waals surface area (Å²) in [6, 6.07) is 0. The number of aliphatic hydroxyl groups excluding tert-OH is 1. The van der Waals surface area contributed by atoms with Gasteiger partial charge in [-0.05, 0) is 6.92 Å². The molecule has 0 spiro atoms. The van der Waals surface area contributed by atoms with Crippen molar-refractivity contribution < 1.29 is 15.3 Å². The van der Waals surface area contributed by atoms with E-state index in [1.165, 1.54) is 6.92 Å². The topological polar surface area (TPSA) is 60.7 Å². The molecular weight excluding hydrogens is 108 g/mol. The van der Waals surface area contributed by atoms with Crippen molar-refractivity contribution in [1.82, 2.24) is 0 Å². The van der Waals surface area contributed by atoms with Crippen molar-refractivity contribution in [3.8, 4) is 0 Å². The lowest BCUT2D eigenvalue weighted by Crippen LogP contribution is -2.34. The molecule has 0 aromatic heterocycles. The lowest BCUT2D eigenvalue weighted by Gasteiger charge is -2.21. The second-order valence-electron chi connectivity index (χ2n) is 2.18. The van der Waals surface area contributed by atoms with Crippen LogP contribution in [0.5, 0.6) is 0 Å². The van der Waals surface area contributed by atoms with Gasteiger partial charge in [0.05, 0.1) is 6.61 Å². The van der Waals surface area contributed by atoms with Gasteiger partial charge in [0.1, 0.15) is 0 Å². The molecule has 3 nitrogen and oxygen atoms in total. The minimum absolute atomic E-state index is 0.205. The predicted octanol–water partition coefficient (Wildman–Crippen LogP) is -0.684. The van der Waals surface area contributed by atoms with Crippen LogP contribution >= 0.6 is 0 Å². The van der Waals surface area contributed by atoms with Gasteiger partial charge in [-0.15, -0.1) is 0 Å². The van der Waals surface area contributed by atoms with Crippen molar-refractivity contribution >= 4 is 0 Å². The average Bonchev–Trinajstić information content (AvgIpc) is 1.62. The highest BCUT2D eigenvalue weighted by Gasteiger charge is 2.23. The summed E-state index contributed by atoms with van der Waals surface area (Å²) < 4.78 is 0. The first-order valence-corrected chi connectivity index (χ1v) is 2.54. The molecule has 0 saturated carbocycles. The van der Waals surface area contributed by atoms with Crippen LogP contribution in [0, 0.1) is 5.92 Å². The molecule has 50 valence electrons. The zero-order valence-corrected chi connectivity index (χ0v) is 5.13. The van der Waals surface area contributed by atoms with E-state index in [1.807, 2.05) is 0 Å². The molecular formula is C5H12O3. The van der Waals surface area contributed by atoms with Crippen LogP contribution in [-0.2, 0) is 0 Å². The molecule has 1 unspecified atom stereocenters. The van der Waals surface area contributed by atoms with Gasteiger partial charge in [0.15, 0.2) is 5.79 Å². The Balaban J connectivity index is 3.62. The van der Waals surface area contributed by atoms with Crippen LogP contribution in [-0.4, -0.2) is 27.7 Å². The molecule has 1 atom stereocenters. The molecule has 0 fully saturated rings. The summed E-state index contributed by atoms with van der Waals surface area (Å²) in [5.74, 6) is -2.23. The second-order valence-corrected chi connectivity index (χ2v) is 2.18. The van der Waals surface area contributed by atoms with Crippen molar-refractivity contribution in [2.24, 2.45) is 5.92 Å². The summed E-state index contributed by atoms with van der Waals surface area (Å²) in [6.07, 6.45) is 0. The molecule has 0 aliphatic heterocycles. The highest BCUT2D eigenvalue weighted by Crippen LogP contribution is 2.10. The van der Waals surface area contributed by atoms with Crippen molar-refractivity contribution in [1.29, 1.82) is 0 Å². The van der Waals surface area contributed by atoms with Gasteiger partial charge in [0.2, 0.25) is 0 Å². The summed E-state index contributed by atoms with van der Waals surface area (Å²) in [6.45, 7) is 2.59. The number of hydrogen-bond acceptors (Lipinski definition) is 3. The van der Waals surface area contributed by atoms with E-state index < -0.39 is 11.7 Å². The Kier molecular flexibility index (Phi) is 2.40. The minimum Gasteiger partial charge on any atom is -0.396 e. The normalized spacial score (nSPS) is 16.1. The van der Waals surface area contributed by atoms with Crippen molar-refractivity contribution in [3.63, 3.8) is 0 Å². The van der Waals surface area contributed by atoms with E-state index in [2.05, 4.69) is 0 Å². The van der Waals surface area contributed by atoms with Crippen LogP contribution < -0.4 is 0 Å². The second kappa shape index (κ2) is 2.44. The molecule has 0 aliphatic rings. The molecule has 8 heavy (non-hydrogen) atoms. The maximum absolute atomic E-state index is 8.68. The van der Waals surface area contributed by atoms with Crippen LogP contribution in [0.2, 0.25) is 0 Å². The molecule has 0 heterocycles. The third kappa shape index (κ3) is 2.26. The Bertz CT molecular complexity index is 64.6. The summed E-state index contributed by atoms with van der Waals surface area (Å²) in [5.41, 5.74) is 0. The summed E-state index contributed by atoms with van der Waals surface area (Å²) in [7, 11) is 0. The zero-order chi connectivity index (χ0) is 6.78. The fourth-order valence-electron chi connectivity index (χ4n) is 0.173. The molecule has 0 rings (SSSR count). The third-order valence-electron chi connectivity index (χ3n) is 1.21. The first-order chi connectivity index (χ1) is 3.48. The zero-order valence-electron chi connectivity index (χ0n) is 5.13. The maximum Gasteiger partial charge on any atom is 0.164 e. The van der Waals surface area contributed by atoms with E-state index in [-0.39, 0.29) is 6.61 Å². The van der Waals surface area contributed by atoms with Gasteiger partial charge in [0, 0.05) is 5.92 Å². The van der Waals surface area contributed by atoms with E-state index in [4.69, 9.17) is 15.3 Å². The van der Waals surface area contributed by atoms with Gasteiger partial charge in [0.25, 0.3) is 0 Å². The Morgan fingerprint density at radius 1 is 1.50 bits per heavy atom.